The Morgan fingerprint density at radius 2 is 2.12 bits per heavy atom. The molecule has 1 amide bonds. The van der Waals surface area contributed by atoms with Crippen LogP contribution in [0, 0.1) is 0 Å². The average Bonchev–Trinajstić information content (AvgIpc) is 2.63. The molecule has 1 atom stereocenters. The first-order valence-corrected chi connectivity index (χ1v) is 9.27. The van der Waals surface area contributed by atoms with E-state index in [1.165, 1.54) is 5.56 Å². The lowest BCUT2D eigenvalue weighted by atomic mass is 10.0. The molecule has 5 heteroatoms. The lowest BCUT2D eigenvalue weighted by molar-refractivity contribution is 0.0903. The highest BCUT2D eigenvalue weighted by Crippen LogP contribution is 2.13. The lowest BCUT2D eigenvalue weighted by Gasteiger charge is -2.33. The summed E-state index contributed by atoms with van der Waals surface area (Å²) in [7, 11) is 0. The number of nitrogens with zero attached hydrogens (tertiary/aromatic N) is 2. The molecule has 1 aromatic carbocycles. The van der Waals surface area contributed by atoms with Crippen molar-refractivity contribution in [1.29, 1.82) is 0 Å². The molecule has 0 spiro atoms. The molecule has 2 aromatic rings. The summed E-state index contributed by atoms with van der Waals surface area (Å²) in [6.07, 6.45) is 5.95. The van der Waals surface area contributed by atoms with Crippen LogP contribution in [0.2, 0.25) is 5.15 Å². The van der Waals surface area contributed by atoms with E-state index in [0.717, 1.165) is 45.3 Å². The number of carbonyl (C=O) groups is 1. The highest BCUT2D eigenvalue weighted by atomic mass is 35.5. The molecule has 1 N–H and O–H groups in total. The molecule has 1 fully saturated rings. The van der Waals surface area contributed by atoms with Gasteiger partial charge in [0.2, 0.25) is 0 Å². The molecule has 1 aromatic heterocycles. The Labute approximate surface area is 154 Å². The van der Waals surface area contributed by atoms with Crippen LogP contribution in [0.5, 0.6) is 0 Å². The minimum atomic E-state index is -0.0690. The monoisotopic (exact) mass is 357 g/mol. The van der Waals surface area contributed by atoms with Crippen molar-refractivity contribution in [2.45, 2.75) is 31.7 Å². The summed E-state index contributed by atoms with van der Waals surface area (Å²) in [5.74, 6) is -0.0690. The Bertz CT molecular complexity index is 692. The average molecular weight is 358 g/mol. The summed E-state index contributed by atoms with van der Waals surface area (Å²) in [4.78, 5) is 18.7. The van der Waals surface area contributed by atoms with Gasteiger partial charge in [-0.15, -0.1) is 0 Å². The van der Waals surface area contributed by atoms with Crippen molar-refractivity contribution in [2.75, 3.05) is 19.6 Å². The van der Waals surface area contributed by atoms with Crippen LogP contribution in [-0.4, -0.2) is 41.5 Å². The first-order chi connectivity index (χ1) is 12.2. The largest absolute Gasteiger partial charge is 0.348 e. The van der Waals surface area contributed by atoms with Gasteiger partial charge in [0.05, 0.1) is 0 Å². The highest BCUT2D eigenvalue weighted by Gasteiger charge is 2.21. The maximum absolute atomic E-state index is 12.4. The van der Waals surface area contributed by atoms with Crippen molar-refractivity contribution in [3.05, 3.63) is 64.9 Å². The molecule has 0 radical (unpaired) electrons. The molecule has 3 rings (SSSR count). The van der Waals surface area contributed by atoms with Gasteiger partial charge in [-0.1, -0.05) is 41.9 Å². The number of likely N-dealkylation sites (tertiary alicyclic amines) is 1. The summed E-state index contributed by atoms with van der Waals surface area (Å²) in [5, 5.41) is 3.48. The zero-order valence-electron chi connectivity index (χ0n) is 14.3. The summed E-state index contributed by atoms with van der Waals surface area (Å²) in [6.45, 7) is 3.10. The predicted molar refractivity (Wildman–Crippen MR) is 101 cm³/mol. The molecule has 1 aliphatic heterocycles. The van der Waals surface area contributed by atoms with Gasteiger partial charge >= 0.3 is 0 Å². The third-order valence-electron chi connectivity index (χ3n) is 4.61. The molecule has 0 bridgehead atoms. The van der Waals surface area contributed by atoms with Crippen molar-refractivity contribution < 1.29 is 4.79 Å². The van der Waals surface area contributed by atoms with Gasteiger partial charge in [0.15, 0.2) is 0 Å². The fraction of sp³-hybridized carbons (Fsp3) is 0.400. The van der Waals surface area contributed by atoms with Gasteiger partial charge in [-0.05, 0) is 56.5 Å². The quantitative estimate of drug-likeness (QED) is 0.804. The number of piperidine rings is 1. The molecular formula is C20H24ClN3O. The first-order valence-electron chi connectivity index (χ1n) is 8.89. The van der Waals surface area contributed by atoms with Crippen molar-refractivity contribution in [2.24, 2.45) is 0 Å². The third kappa shape index (κ3) is 5.55. The Balaban J connectivity index is 1.45. The molecule has 132 valence electrons. The van der Waals surface area contributed by atoms with Crippen LogP contribution < -0.4 is 5.32 Å². The number of aryl methyl sites for hydroxylation is 1. The zero-order valence-corrected chi connectivity index (χ0v) is 15.1. The Kier molecular flexibility index (Phi) is 6.42. The van der Waals surface area contributed by atoms with E-state index in [1.54, 1.807) is 18.3 Å². The van der Waals surface area contributed by atoms with Crippen molar-refractivity contribution in [1.82, 2.24) is 15.2 Å². The SMILES string of the molecule is O=C(N[C@@H]1CCCN(CCCc2ccccc2)C1)c1ccnc(Cl)c1. The molecule has 4 nitrogen and oxygen atoms in total. The van der Waals surface area contributed by atoms with E-state index >= 15 is 0 Å². The minimum Gasteiger partial charge on any atom is -0.348 e. The van der Waals surface area contributed by atoms with Crippen molar-refractivity contribution in [3.8, 4) is 0 Å². The van der Waals surface area contributed by atoms with Gasteiger partial charge in [-0.2, -0.15) is 0 Å². The van der Waals surface area contributed by atoms with Crippen LogP contribution >= 0.6 is 11.6 Å². The number of pyridine rings is 1. The number of aromatic nitrogens is 1. The standard InChI is InChI=1S/C20H24ClN3O/c21-19-14-17(10-11-22-19)20(25)23-18-9-5-13-24(15-18)12-4-8-16-6-2-1-3-7-16/h1-3,6-7,10-11,14,18H,4-5,8-9,12-13,15H2,(H,23,25)/t18-/m1/s1. The fourth-order valence-electron chi connectivity index (χ4n) is 3.34. The summed E-state index contributed by atoms with van der Waals surface area (Å²) in [6, 6.07) is 14.1. The summed E-state index contributed by atoms with van der Waals surface area (Å²) >= 11 is 5.86. The Hall–Kier alpha value is -1.91. The molecule has 0 saturated carbocycles. The smallest absolute Gasteiger partial charge is 0.251 e. The minimum absolute atomic E-state index is 0.0690. The second kappa shape index (κ2) is 8.97. The van der Waals surface area contributed by atoms with Gasteiger partial charge in [0.1, 0.15) is 5.15 Å². The van der Waals surface area contributed by atoms with Gasteiger partial charge in [-0.3, -0.25) is 4.79 Å². The summed E-state index contributed by atoms with van der Waals surface area (Å²) < 4.78 is 0. The molecular weight excluding hydrogens is 334 g/mol. The van der Waals surface area contributed by atoms with Crippen molar-refractivity contribution >= 4 is 17.5 Å². The molecule has 1 saturated heterocycles. The third-order valence-corrected chi connectivity index (χ3v) is 4.82. The number of carbonyl (C=O) groups excluding carboxylic acids is 1. The van der Waals surface area contributed by atoms with Crippen LogP contribution in [0.1, 0.15) is 35.2 Å². The molecule has 25 heavy (non-hydrogen) atoms. The normalized spacial score (nSPS) is 18.0. The van der Waals surface area contributed by atoms with Crippen LogP contribution in [0.3, 0.4) is 0 Å². The number of hydrogen-bond donors (Lipinski definition) is 1. The summed E-state index contributed by atoms with van der Waals surface area (Å²) in [5.41, 5.74) is 1.96. The van der Waals surface area contributed by atoms with E-state index in [4.69, 9.17) is 11.6 Å². The van der Waals surface area contributed by atoms with E-state index < -0.39 is 0 Å². The number of benzene rings is 1. The number of amides is 1. The lowest BCUT2D eigenvalue weighted by Crippen LogP contribution is -2.47. The van der Waals surface area contributed by atoms with Gasteiger partial charge in [-0.25, -0.2) is 4.98 Å². The second-order valence-corrected chi connectivity index (χ2v) is 6.96. The number of hydrogen-bond acceptors (Lipinski definition) is 3. The highest BCUT2D eigenvalue weighted by molar-refractivity contribution is 6.29. The topological polar surface area (TPSA) is 45.2 Å². The van der Waals surface area contributed by atoms with E-state index in [0.29, 0.717) is 10.7 Å². The van der Waals surface area contributed by atoms with Gasteiger partial charge in [0, 0.05) is 24.3 Å². The van der Waals surface area contributed by atoms with E-state index in [1.807, 2.05) is 0 Å². The van der Waals surface area contributed by atoms with Gasteiger partial charge in [0.25, 0.3) is 5.91 Å². The van der Waals surface area contributed by atoms with E-state index in [2.05, 4.69) is 45.5 Å². The fourth-order valence-corrected chi connectivity index (χ4v) is 3.51. The Morgan fingerprint density at radius 3 is 2.92 bits per heavy atom. The van der Waals surface area contributed by atoms with E-state index in [9.17, 15) is 4.79 Å². The molecule has 1 aliphatic rings. The molecule has 2 heterocycles. The number of halogens is 1. The maximum Gasteiger partial charge on any atom is 0.251 e. The van der Waals surface area contributed by atoms with Crippen molar-refractivity contribution in [3.63, 3.8) is 0 Å². The maximum atomic E-state index is 12.4. The number of rotatable bonds is 6. The van der Waals surface area contributed by atoms with Gasteiger partial charge < -0.3 is 10.2 Å². The van der Waals surface area contributed by atoms with Crippen LogP contribution in [0.15, 0.2) is 48.7 Å². The molecule has 0 unspecified atom stereocenters. The van der Waals surface area contributed by atoms with E-state index in [-0.39, 0.29) is 11.9 Å². The predicted octanol–water partition coefficient (Wildman–Crippen LogP) is 3.56. The number of nitrogens with one attached hydrogen (secondary N) is 1. The molecule has 0 aliphatic carbocycles. The Morgan fingerprint density at radius 1 is 1.28 bits per heavy atom. The first kappa shape index (κ1) is 17.9. The second-order valence-electron chi connectivity index (χ2n) is 6.57. The zero-order chi connectivity index (χ0) is 17.5. The van der Waals surface area contributed by atoms with Crippen LogP contribution in [0.4, 0.5) is 0 Å². The van der Waals surface area contributed by atoms with Crippen LogP contribution in [-0.2, 0) is 6.42 Å². The van der Waals surface area contributed by atoms with Crippen LogP contribution in [0.25, 0.3) is 0 Å².